The number of hydrogen-bond acceptors (Lipinski definition) is 8. The summed E-state index contributed by atoms with van der Waals surface area (Å²) in [6, 6.07) is 7.87. The number of methoxy groups -OCH3 is 5. The van der Waals surface area contributed by atoms with Crippen molar-refractivity contribution in [1.29, 1.82) is 0 Å². The summed E-state index contributed by atoms with van der Waals surface area (Å²) in [5.74, 6) is 0.150. The summed E-state index contributed by atoms with van der Waals surface area (Å²) in [4.78, 5) is 22.5. The van der Waals surface area contributed by atoms with E-state index < -0.39 is 11.9 Å². The Morgan fingerprint density at radius 2 is 1.54 bits per heavy atom. The van der Waals surface area contributed by atoms with Crippen LogP contribution in [0.2, 0.25) is 0 Å². The zero-order valence-electron chi connectivity index (χ0n) is 23.4. The molecule has 1 unspecified atom stereocenters. The monoisotopic (exact) mass is 543 g/mol. The number of benzene rings is 2. The lowest BCUT2D eigenvalue weighted by Gasteiger charge is -2.46. The quantitative estimate of drug-likeness (QED) is 0.300. The van der Waals surface area contributed by atoms with Gasteiger partial charge in [0.15, 0.2) is 23.0 Å². The van der Waals surface area contributed by atoms with Gasteiger partial charge in [-0.15, -0.1) is 0 Å². The Labute approximate surface area is 228 Å². The lowest BCUT2D eigenvalue weighted by molar-refractivity contribution is -0.941. The predicted octanol–water partition coefficient (Wildman–Crippen LogP) is 2.56. The van der Waals surface area contributed by atoms with Gasteiger partial charge in [-0.1, -0.05) is 0 Å². The molecule has 10 heteroatoms. The highest BCUT2D eigenvalue weighted by Gasteiger charge is 2.40. The molecule has 0 spiro atoms. The minimum Gasteiger partial charge on any atom is -0.545 e. The van der Waals surface area contributed by atoms with E-state index in [0.717, 1.165) is 29.7 Å². The van der Waals surface area contributed by atoms with Crippen LogP contribution in [0.15, 0.2) is 35.9 Å². The molecule has 0 aromatic heterocycles. The van der Waals surface area contributed by atoms with Crippen molar-refractivity contribution in [1.82, 2.24) is 0 Å². The standard InChI is InChI=1S/C29H37NO9/c1-30(10-7-8-20(29(33)34)16-27(31)32)11-9-19-15-23(35-2)24(36-3)17-21(19)22(30)12-18-13-25(37-4)28(39-6)26(14-18)38-5/h13-17,22H,7-12H2,1-6H3,(H-,31,32,33,34)/t22-,30?/m1/s1. The average Bonchev–Trinajstić information content (AvgIpc) is 2.92. The highest BCUT2D eigenvalue weighted by molar-refractivity contribution is 5.93. The Morgan fingerprint density at radius 3 is 2.05 bits per heavy atom. The van der Waals surface area contributed by atoms with Gasteiger partial charge in [-0.05, 0) is 47.4 Å². The summed E-state index contributed by atoms with van der Waals surface area (Å²) >= 11 is 0. The second kappa shape index (κ2) is 12.8. The predicted molar refractivity (Wildman–Crippen MR) is 142 cm³/mol. The Hall–Kier alpha value is -3.92. The molecule has 0 bridgehead atoms. The van der Waals surface area contributed by atoms with Crippen molar-refractivity contribution in [2.45, 2.75) is 31.7 Å². The van der Waals surface area contributed by atoms with Gasteiger partial charge in [0.25, 0.3) is 0 Å². The van der Waals surface area contributed by atoms with Crippen LogP contribution in [0.3, 0.4) is 0 Å². The fourth-order valence-corrected chi connectivity index (χ4v) is 5.42. The molecule has 1 aliphatic heterocycles. The van der Waals surface area contributed by atoms with Crippen LogP contribution in [0.1, 0.15) is 35.6 Å². The van der Waals surface area contributed by atoms with Gasteiger partial charge in [0, 0.05) is 30.9 Å². The first-order valence-electron chi connectivity index (χ1n) is 12.6. The lowest BCUT2D eigenvalue weighted by atomic mass is 9.85. The van der Waals surface area contributed by atoms with E-state index in [9.17, 15) is 14.7 Å². The number of quaternary nitrogens is 1. The number of ether oxygens (including phenoxy) is 5. The molecule has 1 heterocycles. The van der Waals surface area contributed by atoms with E-state index in [-0.39, 0.29) is 18.0 Å². The van der Waals surface area contributed by atoms with Crippen LogP contribution in [0, 0.1) is 0 Å². The number of rotatable bonds is 13. The Kier molecular flexibility index (Phi) is 9.69. The smallest absolute Gasteiger partial charge is 0.328 e. The van der Waals surface area contributed by atoms with Gasteiger partial charge in [-0.25, -0.2) is 4.79 Å². The number of carboxylic acid groups (broad SMARTS) is 2. The molecule has 0 fully saturated rings. The van der Waals surface area contributed by atoms with E-state index in [2.05, 4.69) is 7.05 Å². The normalized spacial score (nSPS) is 18.6. The van der Waals surface area contributed by atoms with Crippen molar-refractivity contribution >= 4 is 11.9 Å². The molecule has 2 aromatic carbocycles. The molecule has 212 valence electrons. The van der Waals surface area contributed by atoms with Crippen LogP contribution in [0.25, 0.3) is 0 Å². The highest BCUT2D eigenvalue weighted by atomic mass is 16.5. The second-order valence-corrected chi connectivity index (χ2v) is 9.73. The molecule has 39 heavy (non-hydrogen) atoms. The molecule has 0 saturated carbocycles. The van der Waals surface area contributed by atoms with Crippen LogP contribution < -0.4 is 28.8 Å². The molecule has 0 aliphatic carbocycles. The maximum Gasteiger partial charge on any atom is 0.328 e. The summed E-state index contributed by atoms with van der Waals surface area (Å²) in [6.07, 6.45) is 2.69. The van der Waals surface area contributed by atoms with Crippen molar-refractivity contribution < 1.29 is 48.0 Å². The number of carboxylic acids is 2. The van der Waals surface area contributed by atoms with E-state index in [0.29, 0.717) is 58.7 Å². The molecule has 0 saturated heterocycles. The molecule has 2 atom stereocenters. The van der Waals surface area contributed by atoms with Crippen molar-refractivity contribution in [2.75, 3.05) is 55.7 Å². The third-order valence-corrected chi connectivity index (χ3v) is 7.48. The van der Waals surface area contributed by atoms with Gasteiger partial charge < -0.3 is 43.2 Å². The van der Waals surface area contributed by atoms with Crippen LogP contribution in [-0.4, -0.2) is 77.2 Å². The van der Waals surface area contributed by atoms with Gasteiger partial charge in [-0.3, -0.25) is 0 Å². The zero-order chi connectivity index (χ0) is 28.7. The second-order valence-electron chi connectivity index (χ2n) is 9.73. The van der Waals surface area contributed by atoms with Gasteiger partial charge in [0.05, 0.1) is 61.7 Å². The zero-order valence-corrected chi connectivity index (χ0v) is 23.4. The van der Waals surface area contributed by atoms with E-state index in [4.69, 9.17) is 28.8 Å². The van der Waals surface area contributed by atoms with Crippen LogP contribution >= 0.6 is 0 Å². The number of aliphatic carboxylic acids is 2. The fourth-order valence-electron chi connectivity index (χ4n) is 5.42. The third-order valence-electron chi connectivity index (χ3n) is 7.48. The fraction of sp³-hybridized carbons (Fsp3) is 0.448. The number of carbonyl (C=O) groups is 2. The van der Waals surface area contributed by atoms with Crippen molar-refractivity contribution in [3.63, 3.8) is 0 Å². The summed E-state index contributed by atoms with van der Waals surface area (Å²) in [6.45, 7) is 1.41. The van der Waals surface area contributed by atoms with Gasteiger partial charge in [0.1, 0.15) is 6.04 Å². The van der Waals surface area contributed by atoms with E-state index in [1.165, 1.54) is 0 Å². The molecule has 3 rings (SSSR count). The Bertz CT molecular complexity index is 1210. The summed E-state index contributed by atoms with van der Waals surface area (Å²) < 4.78 is 28.4. The van der Waals surface area contributed by atoms with Crippen LogP contribution in [-0.2, 0) is 22.4 Å². The molecular weight excluding hydrogens is 506 g/mol. The van der Waals surface area contributed by atoms with Gasteiger partial charge in [-0.2, -0.15) is 0 Å². The maximum absolute atomic E-state index is 11.5. The summed E-state index contributed by atoms with van der Waals surface area (Å²) in [5, 5.41) is 20.5. The van der Waals surface area contributed by atoms with E-state index >= 15 is 0 Å². The largest absolute Gasteiger partial charge is 0.545 e. The molecule has 2 aromatic rings. The average molecular weight is 544 g/mol. The summed E-state index contributed by atoms with van der Waals surface area (Å²) in [5.41, 5.74) is 3.01. The SMILES string of the molecule is COc1cc2c(cc1OC)[C@@H](Cc1cc(OC)c(OC)c(OC)c1)[N+](C)(CCCC(=CC(=O)O)C(=O)[O-])CC2. The third kappa shape index (κ3) is 6.57. The van der Waals surface area contributed by atoms with Crippen LogP contribution in [0.5, 0.6) is 28.7 Å². The molecule has 10 nitrogen and oxygen atoms in total. The summed E-state index contributed by atoms with van der Waals surface area (Å²) in [7, 11) is 10.1. The van der Waals surface area contributed by atoms with Crippen molar-refractivity contribution in [3.8, 4) is 28.7 Å². The number of carbonyl (C=O) groups excluding carboxylic acids is 1. The number of nitrogens with zero attached hydrogens (tertiary/aromatic N) is 1. The number of hydrogen-bond donors (Lipinski definition) is 1. The Morgan fingerprint density at radius 1 is 0.949 bits per heavy atom. The van der Waals surface area contributed by atoms with E-state index in [1.54, 1.807) is 35.5 Å². The minimum absolute atomic E-state index is 0.0359. The topological polar surface area (TPSA) is 124 Å². The van der Waals surface area contributed by atoms with Gasteiger partial charge >= 0.3 is 5.97 Å². The first kappa shape index (κ1) is 29.6. The number of likely N-dealkylation sites (N-methyl/N-ethyl adjacent to an activating group) is 1. The molecule has 1 N–H and O–H groups in total. The Balaban J connectivity index is 2.04. The molecule has 0 radical (unpaired) electrons. The minimum atomic E-state index is -1.46. The number of fused-ring (bicyclic) bond motifs is 1. The molecular formula is C29H37NO9. The maximum atomic E-state index is 11.5. The first-order chi connectivity index (χ1) is 18.6. The van der Waals surface area contributed by atoms with Crippen molar-refractivity contribution in [3.05, 3.63) is 52.6 Å². The molecule has 1 aliphatic rings. The lowest BCUT2D eigenvalue weighted by Crippen LogP contribution is -2.52. The van der Waals surface area contributed by atoms with Crippen molar-refractivity contribution in [2.24, 2.45) is 0 Å². The highest BCUT2D eigenvalue weighted by Crippen LogP contribution is 2.45. The molecule has 0 amide bonds. The van der Waals surface area contributed by atoms with Gasteiger partial charge in [0.2, 0.25) is 5.75 Å². The van der Waals surface area contributed by atoms with E-state index in [1.807, 2.05) is 24.3 Å². The van der Waals surface area contributed by atoms with Crippen LogP contribution in [0.4, 0.5) is 0 Å². The first-order valence-corrected chi connectivity index (χ1v) is 12.6.